The second-order valence-electron chi connectivity index (χ2n) is 7.26. The summed E-state index contributed by atoms with van der Waals surface area (Å²) < 4.78 is 21.3. The molecule has 1 aromatic carbocycles. The van der Waals surface area contributed by atoms with Crippen LogP contribution in [0.5, 0.6) is 11.5 Å². The Labute approximate surface area is 180 Å². The fraction of sp³-hybridized carbons (Fsp3) is 0.550. The summed E-state index contributed by atoms with van der Waals surface area (Å²) in [6.07, 6.45) is 0.922. The van der Waals surface area contributed by atoms with Gasteiger partial charge in [0.2, 0.25) is 0 Å². The van der Waals surface area contributed by atoms with Gasteiger partial charge in [0.15, 0.2) is 22.7 Å². The maximum atomic E-state index is 12.2. The molecule has 0 saturated carbocycles. The minimum absolute atomic E-state index is 0.0436. The van der Waals surface area contributed by atoms with Crippen LogP contribution in [0.15, 0.2) is 18.2 Å². The zero-order valence-corrected chi connectivity index (χ0v) is 17.6. The zero-order valence-electron chi connectivity index (χ0n) is 16.8. The van der Waals surface area contributed by atoms with Crippen molar-refractivity contribution in [3.8, 4) is 11.5 Å². The summed E-state index contributed by atoms with van der Waals surface area (Å²) in [6.45, 7) is 4.47. The number of thiocarbonyl (C=S) groups is 1. The van der Waals surface area contributed by atoms with E-state index in [0.29, 0.717) is 50.0 Å². The van der Waals surface area contributed by atoms with E-state index in [1.807, 2.05) is 18.2 Å². The molecule has 10 heteroatoms. The second kappa shape index (κ2) is 8.95. The fourth-order valence-electron chi connectivity index (χ4n) is 3.93. The van der Waals surface area contributed by atoms with E-state index in [1.54, 1.807) is 6.92 Å². The molecule has 9 nitrogen and oxygen atoms in total. The molecule has 0 aliphatic carbocycles. The molecule has 0 spiro atoms. The lowest BCUT2D eigenvalue weighted by Crippen LogP contribution is -2.52. The van der Waals surface area contributed by atoms with E-state index >= 15 is 0 Å². The van der Waals surface area contributed by atoms with Gasteiger partial charge in [-0.15, -0.1) is 0 Å². The highest BCUT2D eigenvalue weighted by atomic mass is 32.1. The molecule has 3 aliphatic heterocycles. The molecule has 2 saturated heterocycles. The first kappa shape index (κ1) is 20.5. The highest BCUT2D eigenvalue weighted by molar-refractivity contribution is 7.80. The average Bonchev–Trinajstić information content (AvgIpc) is 3.15. The third-order valence-corrected chi connectivity index (χ3v) is 5.77. The smallest absolute Gasteiger partial charge is 0.410 e. The van der Waals surface area contributed by atoms with Crippen molar-refractivity contribution in [2.75, 3.05) is 44.8 Å². The Hall–Kier alpha value is -2.75. The molecular formula is C20H25N3O6S. The Morgan fingerprint density at radius 2 is 1.93 bits per heavy atom. The molecule has 4 rings (SSSR count). The molecule has 30 heavy (non-hydrogen) atoms. The predicted molar refractivity (Wildman–Crippen MR) is 112 cm³/mol. The highest BCUT2D eigenvalue weighted by Crippen LogP contribution is 2.33. The Morgan fingerprint density at radius 3 is 2.67 bits per heavy atom. The van der Waals surface area contributed by atoms with Gasteiger partial charge in [0.05, 0.1) is 6.61 Å². The summed E-state index contributed by atoms with van der Waals surface area (Å²) in [7, 11) is 0. The van der Waals surface area contributed by atoms with Crippen LogP contribution in [0.3, 0.4) is 0 Å². The van der Waals surface area contributed by atoms with Gasteiger partial charge in [-0.2, -0.15) is 0 Å². The first-order chi connectivity index (χ1) is 14.6. The van der Waals surface area contributed by atoms with Gasteiger partial charge >= 0.3 is 12.1 Å². The van der Waals surface area contributed by atoms with Crippen LogP contribution in [0.1, 0.15) is 19.8 Å². The minimum Gasteiger partial charge on any atom is -0.486 e. The van der Waals surface area contributed by atoms with Crippen molar-refractivity contribution in [3.63, 3.8) is 0 Å². The number of anilines is 1. The lowest BCUT2D eigenvalue weighted by Gasteiger charge is -2.38. The van der Waals surface area contributed by atoms with Crippen LogP contribution in [0.4, 0.5) is 10.5 Å². The average molecular weight is 436 g/mol. The molecule has 0 aromatic heterocycles. The van der Waals surface area contributed by atoms with Crippen LogP contribution < -0.4 is 14.8 Å². The number of ether oxygens (including phenoxy) is 4. The second-order valence-corrected chi connectivity index (χ2v) is 7.65. The first-order valence-electron chi connectivity index (χ1n) is 10.1. The molecule has 162 valence electrons. The SMILES string of the molecule is CCOC(=O)C1COC(=O)N1C1CCN(C(=S)Nc2ccc3c(c2)OCCO3)CC1. The van der Waals surface area contributed by atoms with Gasteiger partial charge in [-0.3, -0.25) is 4.90 Å². The van der Waals surface area contributed by atoms with Crippen molar-refractivity contribution < 1.29 is 28.5 Å². The van der Waals surface area contributed by atoms with Gasteiger partial charge in [-0.25, -0.2) is 9.59 Å². The summed E-state index contributed by atoms with van der Waals surface area (Å²) in [4.78, 5) is 27.9. The van der Waals surface area contributed by atoms with E-state index in [1.165, 1.54) is 4.90 Å². The molecule has 1 N–H and O–H groups in total. The number of amides is 1. The number of piperidine rings is 1. The van der Waals surface area contributed by atoms with Crippen molar-refractivity contribution in [2.45, 2.75) is 31.8 Å². The van der Waals surface area contributed by atoms with Gasteiger partial charge in [-0.05, 0) is 44.1 Å². The normalized spacial score (nSPS) is 21.2. The van der Waals surface area contributed by atoms with Crippen LogP contribution in [0, 0.1) is 0 Å². The molecular weight excluding hydrogens is 410 g/mol. The van der Waals surface area contributed by atoms with E-state index in [9.17, 15) is 9.59 Å². The Morgan fingerprint density at radius 1 is 1.20 bits per heavy atom. The molecule has 3 heterocycles. The van der Waals surface area contributed by atoms with E-state index < -0.39 is 18.1 Å². The van der Waals surface area contributed by atoms with Gasteiger partial charge in [0.25, 0.3) is 0 Å². The van der Waals surface area contributed by atoms with Gasteiger partial charge in [0, 0.05) is 30.9 Å². The van der Waals surface area contributed by atoms with Crippen molar-refractivity contribution in [1.29, 1.82) is 0 Å². The van der Waals surface area contributed by atoms with Gasteiger partial charge < -0.3 is 29.2 Å². The topological polar surface area (TPSA) is 89.6 Å². The third-order valence-electron chi connectivity index (χ3n) is 5.41. The molecule has 1 unspecified atom stereocenters. The number of rotatable bonds is 4. The monoisotopic (exact) mass is 435 g/mol. The molecule has 2 fully saturated rings. The van der Waals surface area contributed by atoms with Crippen molar-refractivity contribution in [1.82, 2.24) is 9.80 Å². The van der Waals surface area contributed by atoms with Gasteiger partial charge in [-0.1, -0.05) is 0 Å². The quantitative estimate of drug-likeness (QED) is 0.563. The maximum Gasteiger partial charge on any atom is 0.410 e. The van der Waals surface area contributed by atoms with Crippen LogP contribution >= 0.6 is 12.2 Å². The zero-order chi connectivity index (χ0) is 21.1. The van der Waals surface area contributed by atoms with E-state index in [0.717, 1.165) is 11.4 Å². The number of fused-ring (bicyclic) bond motifs is 1. The number of likely N-dealkylation sites (tertiary alicyclic amines) is 1. The Kier molecular flexibility index (Phi) is 6.12. The third kappa shape index (κ3) is 4.23. The molecule has 1 aromatic rings. The summed E-state index contributed by atoms with van der Waals surface area (Å²) in [6, 6.07) is 4.88. The number of cyclic esters (lactones) is 1. The number of nitrogens with one attached hydrogen (secondary N) is 1. The molecule has 3 aliphatic rings. The number of nitrogens with zero attached hydrogens (tertiary/aromatic N) is 2. The van der Waals surface area contributed by atoms with Crippen LogP contribution in [-0.2, 0) is 14.3 Å². The van der Waals surface area contributed by atoms with Gasteiger partial charge in [0.1, 0.15) is 19.8 Å². The lowest BCUT2D eigenvalue weighted by atomic mass is 10.0. The summed E-state index contributed by atoms with van der Waals surface area (Å²) >= 11 is 5.57. The van der Waals surface area contributed by atoms with Crippen LogP contribution in [0.25, 0.3) is 0 Å². The summed E-state index contributed by atoms with van der Waals surface area (Å²) in [5.74, 6) is 1.01. The minimum atomic E-state index is -0.670. The predicted octanol–water partition coefficient (Wildman–Crippen LogP) is 2.00. The lowest BCUT2D eigenvalue weighted by molar-refractivity contribution is -0.148. The number of esters is 1. The van der Waals surface area contributed by atoms with E-state index in [-0.39, 0.29) is 19.3 Å². The largest absolute Gasteiger partial charge is 0.486 e. The Balaban J connectivity index is 1.33. The van der Waals surface area contributed by atoms with Crippen molar-refractivity contribution in [3.05, 3.63) is 18.2 Å². The number of carbonyl (C=O) groups is 2. The highest BCUT2D eigenvalue weighted by Gasteiger charge is 2.44. The number of benzene rings is 1. The van der Waals surface area contributed by atoms with Crippen LogP contribution in [-0.4, -0.2) is 78.6 Å². The van der Waals surface area contributed by atoms with Crippen LogP contribution in [0.2, 0.25) is 0 Å². The van der Waals surface area contributed by atoms with E-state index in [4.69, 9.17) is 31.2 Å². The standard InChI is InChI=1S/C20H25N3O6S/c1-2-26-18(24)15-12-29-20(25)23(15)14-5-7-22(8-6-14)19(30)21-13-3-4-16-17(11-13)28-10-9-27-16/h3-4,11,14-15H,2,5-10,12H2,1H3,(H,21,30). The Bertz CT molecular complexity index is 827. The fourth-order valence-corrected chi connectivity index (χ4v) is 4.23. The molecule has 0 radical (unpaired) electrons. The molecule has 1 amide bonds. The summed E-state index contributed by atoms with van der Waals surface area (Å²) in [5.41, 5.74) is 0.830. The number of carbonyl (C=O) groups excluding carboxylic acids is 2. The molecule has 1 atom stereocenters. The summed E-state index contributed by atoms with van der Waals surface area (Å²) in [5, 5.41) is 3.85. The number of hydrogen-bond donors (Lipinski definition) is 1. The van der Waals surface area contributed by atoms with E-state index in [2.05, 4.69) is 10.2 Å². The number of hydrogen-bond acceptors (Lipinski definition) is 7. The van der Waals surface area contributed by atoms with Crippen molar-refractivity contribution in [2.24, 2.45) is 0 Å². The van der Waals surface area contributed by atoms with Crippen molar-refractivity contribution >= 4 is 35.1 Å². The molecule has 0 bridgehead atoms. The first-order valence-corrected chi connectivity index (χ1v) is 10.5. The maximum absolute atomic E-state index is 12.2.